The van der Waals surface area contributed by atoms with Gasteiger partial charge in [-0.3, -0.25) is 14.5 Å². The smallest absolute Gasteiger partial charge is 0.255 e. The number of morpholine rings is 1. The van der Waals surface area contributed by atoms with E-state index in [1.54, 1.807) is 0 Å². The first-order chi connectivity index (χ1) is 7.66. The molecular formula is C11H17NO4. The number of hydrogen-bond acceptors (Lipinski definition) is 4. The highest BCUT2D eigenvalue weighted by Crippen LogP contribution is 2.25. The number of ether oxygens (including phenoxy) is 1. The molecule has 0 spiro atoms. The van der Waals surface area contributed by atoms with Crippen LogP contribution in [0.2, 0.25) is 0 Å². The Labute approximate surface area is 94.4 Å². The fraction of sp³-hybridized carbons (Fsp3) is 0.818. The highest BCUT2D eigenvalue weighted by Gasteiger charge is 2.30. The first-order valence-electron chi connectivity index (χ1n) is 5.76. The Morgan fingerprint density at radius 1 is 1.12 bits per heavy atom. The quantitative estimate of drug-likeness (QED) is 0.670. The van der Waals surface area contributed by atoms with Gasteiger partial charge in [0.1, 0.15) is 13.2 Å². The van der Waals surface area contributed by atoms with Crippen molar-refractivity contribution in [1.82, 2.24) is 4.90 Å². The molecule has 2 rings (SSSR count). The molecule has 5 heteroatoms. The Hall–Kier alpha value is -0.940. The summed E-state index contributed by atoms with van der Waals surface area (Å²) in [6, 6.07) is 0. The molecule has 0 aromatic rings. The number of hydrogen-bond donors (Lipinski definition) is 1. The molecule has 5 nitrogen and oxygen atoms in total. The summed E-state index contributed by atoms with van der Waals surface area (Å²) in [6.45, 7) is 0.524. The fourth-order valence-corrected chi connectivity index (χ4v) is 2.31. The van der Waals surface area contributed by atoms with Crippen LogP contribution < -0.4 is 0 Å². The highest BCUT2D eigenvalue weighted by atomic mass is 16.5. The lowest BCUT2D eigenvalue weighted by molar-refractivity contribution is -0.159. The summed E-state index contributed by atoms with van der Waals surface area (Å²) in [5.41, 5.74) is 0. The zero-order valence-electron chi connectivity index (χ0n) is 9.22. The van der Waals surface area contributed by atoms with Crippen molar-refractivity contribution in [2.24, 2.45) is 5.92 Å². The maximum absolute atomic E-state index is 11.5. The van der Waals surface area contributed by atoms with Crippen molar-refractivity contribution in [3.05, 3.63) is 0 Å². The van der Waals surface area contributed by atoms with Crippen LogP contribution in [0.5, 0.6) is 0 Å². The van der Waals surface area contributed by atoms with Gasteiger partial charge in [0.05, 0.1) is 6.10 Å². The van der Waals surface area contributed by atoms with E-state index in [0.717, 1.165) is 25.7 Å². The lowest BCUT2D eigenvalue weighted by atomic mass is 9.87. The third-order valence-electron chi connectivity index (χ3n) is 3.31. The predicted molar refractivity (Wildman–Crippen MR) is 55.5 cm³/mol. The minimum atomic E-state index is -0.234. The second-order valence-corrected chi connectivity index (χ2v) is 4.57. The molecule has 2 fully saturated rings. The first-order valence-corrected chi connectivity index (χ1v) is 5.76. The van der Waals surface area contributed by atoms with Crippen molar-refractivity contribution in [1.29, 1.82) is 0 Å². The predicted octanol–water partition coefficient (Wildman–Crippen LogP) is -0.0771. The van der Waals surface area contributed by atoms with Crippen molar-refractivity contribution in [3.8, 4) is 0 Å². The molecule has 1 saturated heterocycles. The summed E-state index contributed by atoms with van der Waals surface area (Å²) in [6.07, 6.45) is 3.12. The molecule has 0 radical (unpaired) electrons. The van der Waals surface area contributed by atoms with Gasteiger partial charge in [-0.25, -0.2) is 0 Å². The molecule has 1 N–H and O–H groups in total. The van der Waals surface area contributed by atoms with Crippen LogP contribution in [0.3, 0.4) is 0 Å². The van der Waals surface area contributed by atoms with Gasteiger partial charge in [0.15, 0.2) is 0 Å². The molecule has 1 aliphatic carbocycles. The van der Waals surface area contributed by atoms with Gasteiger partial charge in [0.2, 0.25) is 0 Å². The number of amides is 2. The maximum atomic E-state index is 11.5. The minimum absolute atomic E-state index is 0.0150. The van der Waals surface area contributed by atoms with E-state index in [1.165, 1.54) is 4.90 Å². The van der Waals surface area contributed by atoms with E-state index in [9.17, 15) is 14.7 Å². The van der Waals surface area contributed by atoms with E-state index < -0.39 is 0 Å². The molecule has 16 heavy (non-hydrogen) atoms. The minimum Gasteiger partial charge on any atom is -0.393 e. The van der Waals surface area contributed by atoms with Crippen LogP contribution in [0.1, 0.15) is 25.7 Å². The van der Waals surface area contributed by atoms with E-state index in [-0.39, 0.29) is 31.1 Å². The molecular weight excluding hydrogens is 210 g/mol. The summed E-state index contributed by atoms with van der Waals surface area (Å²) >= 11 is 0. The van der Waals surface area contributed by atoms with Gasteiger partial charge in [-0.1, -0.05) is 0 Å². The molecule has 90 valence electrons. The number of imide groups is 1. The Balaban J connectivity index is 1.88. The van der Waals surface area contributed by atoms with Gasteiger partial charge in [0.25, 0.3) is 11.8 Å². The number of aliphatic hydroxyl groups excluding tert-OH is 1. The van der Waals surface area contributed by atoms with E-state index in [4.69, 9.17) is 4.74 Å². The van der Waals surface area contributed by atoms with Crippen molar-refractivity contribution < 1.29 is 19.4 Å². The zero-order valence-corrected chi connectivity index (χ0v) is 9.22. The number of nitrogens with zero attached hydrogens (tertiary/aromatic N) is 1. The average molecular weight is 227 g/mol. The van der Waals surface area contributed by atoms with Gasteiger partial charge in [-0.05, 0) is 31.6 Å². The lowest BCUT2D eigenvalue weighted by Crippen LogP contribution is -2.48. The topological polar surface area (TPSA) is 66.8 Å². The van der Waals surface area contributed by atoms with Crippen molar-refractivity contribution >= 4 is 11.8 Å². The standard InChI is InChI=1S/C11H17NO4/c13-9-3-1-8(2-4-9)5-12-10(14)6-16-7-11(12)15/h8-9,13H,1-7H2. The second kappa shape index (κ2) is 4.93. The van der Waals surface area contributed by atoms with Gasteiger partial charge in [-0.2, -0.15) is 0 Å². The number of aliphatic hydroxyl groups is 1. The third kappa shape index (κ3) is 2.59. The SMILES string of the molecule is O=C1COCC(=O)N1CC1CCC(O)CC1. The summed E-state index contributed by atoms with van der Waals surface area (Å²) in [5.74, 6) is -0.126. The van der Waals surface area contributed by atoms with Crippen LogP contribution >= 0.6 is 0 Å². The Morgan fingerprint density at radius 3 is 2.25 bits per heavy atom. The van der Waals surface area contributed by atoms with E-state index in [1.807, 2.05) is 0 Å². The van der Waals surface area contributed by atoms with Crippen molar-refractivity contribution in [2.45, 2.75) is 31.8 Å². The average Bonchev–Trinajstić information content (AvgIpc) is 2.26. The molecule has 0 atom stereocenters. The lowest BCUT2D eigenvalue weighted by Gasteiger charge is -2.31. The van der Waals surface area contributed by atoms with Crippen LogP contribution in [-0.4, -0.2) is 47.7 Å². The molecule has 1 aliphatic heterocycles. The van der Waals surface area contributed by atoms with Crippen molar-refractivity contribution in [2.75, 3.05) is 19.8 Å². The number of carbonyl (C=O) groups excluding carboxylic acids is 2. The molecule has 0 unspecified atom stereocenters. The van der Waals surface area contributed by atoms with Crippen LogP contribution in [-0.2, 0) is 14.3 Å². The monoisotopic (exact) mass is 227 g/mol. The van der Waals surface area contributed by atoms with Crippen LogP contribution in [0.4, 0.5) is 0 Å². The largest absolute Gasteiger partial charge is 0.393 e. The van der Waals surface area contributed by atoms with Gasteiger partial charge in [-0.15, -0.1) is 0 Å². The Morgan fingerprint density at radius 2 is 1.69 bits per heavy atom. The van der Waals surface area contributed by atoms with Gasteiger partial charge < -0.3 is 9.84 Å². The Kier molecular flexibility index (Phi) is 3.56. The Bertz CT molecular complexity index is 268. The molecule has 2 aliphatic rings. The highest BCUT2D eigenvalue weighted by molar-refractivity contribution is 5.98. The number of rotatable bonds is 2. The zero-order chi connectivity index (χ0) is 11.5. The molecule has 0 aromatic carbocycles. The second-order valence-electron chi connectivity index (χ2n) is 4.57. The molecule has 1 heterocycles. The summed E-state index contributed by atoms with van der Waals surface area (Å²) in [5, 5.41) is 9.37. The van der Waals surface area contributed by atoms with Gasteiger partial charge >= 0.3 is 0 Å². The fourth-order valence-electron chi connectivity index (χ4n) is 2.31. The summed E-state index contributed by atoms with van der Waals surface area (Å²) in [4.78, 5) is 24.3. The molecule has 0 aromatic heterocycles. The van der Waals surface area contributed by atoms with Crippen molar-refractivity contribution in [3.63, 3.8) is 0 Å². The summed E-state index contributed by atoms with van der Waals surface area (Å²) in [7, 11) is 0. The van der Waals surface area contributed by atoms with Crippen LogP contribution in [0, 0.1) is 5.92 Å². The van der Waals surface area contributed by atoms with E-state index in [2.05, 4.69) is 0 Å². The van der Waals surface area contributed by atoms with E-state index >= 15 is 0 Å². The van der Waals surface area contributed by atoms with E-state index in [0.29, 0.717) is 12.5 Å². The molecule has 2 amide bonds. The molecule has 1 saturated carbocycles. The van der Waals surface area contributed by atoms with Crippen LogP contribution in [0.25, 0.3) is 0 Å². The third-order valence-corrected chi connectivity index (χ3v) is 3.31. The normalized spacial score (nSPS) is 31.9. The van der Waals surface area contributed by atoms with Gasteiger partial charge in [0, 0.05) is 6.54 Å². The maximum Gasteiger partial charge on any atom is 0.255 e. The first kappa shape index (κ1) is 11.5. The van der Waals surface area contributed by atoms with Crippen LogP contribution in [0.15, 0.2) is 0 Å². The molecule has 0 bridgehead atoms. The number of carbonyl (C=O) groups is 2. The summed E-state index contributed by atoms with van der Waals surface area (Å²) < 4.78 is 4.85.